The molecule has 0 aliphatic carbocycles. The Morgan fingerprint density at radius 2 is 2.50 bits per heavy atom. The minimum absolute atomic E-state index is 0.237. The van der Waals surface area contributed by atoms with Crippen LogP contribution in [0, 0.1) is 0 Å². The number of hydrogen-bond donors (Lipinski definition) is 2. The van der Waals surface area contributed by atoms with Crippen molar-refractivity contribution >= 4 is 17.6 Å². The van der Waals surface area contributed by atoms with Crippen LogP contribution in [-0.4, -0.2) is 26.2 Å². The summed E-state index contributed by atoms with van der Waals surface area (Å²) in [5.74, 6) is -0.985. The number of nitrogens with zero attached hydrogens (tertiary/aromatic N) is 2. The Balaban J connectivity index is 2.37. The van der Waals surface area contributed by atoms with Crippen LogP contribution in [0.25, 0.3) is 0 Å². The number of rotatable bonds is 1. The molecule has 0 aromatic carbocycles. The van der Waals surface area contributed by atoms with Crippen molar-refractivity contribution < 1.29 is 9.90 Å². The van der Waals surface area contributed by atoms with E-state index in [0.29, 0.717) is 23.8 Å². The van der Waals surface area contributed by atoms with Gasteiger partial charge in [-0.2, -0.15) is 0 Å². The fraction of sp³-hybridized carbons (Fsp3) is 0.500. The molecule has 2 rings (SSSR count). The number of hydrogen-bond acceptors (Lipinski definition) is 3. The van der Waals surface area contributed by atoms with Crippen LogP contribution < -0.4 is 5.73 Å². The first kappa shape index (κ1) is 9.48. The van der Waals surface area contributed by atoms with Crippen molar-refractivity contribution in [3.63, 3.8) is 0 Å². The number of carboxylic acids is 1. The van der Waals surface area contributed by atoms with Crippen molar-refractivity contribution in [2.75, 3.05) is 0 Å². The van der Waals surface area contributed by atoms with Gasteiger partial charge in [0.05, 0.1) is 12.0 Å². The Bertz CT molecular complexity index is 390. The van der Waals surface area contributed by atoms with Crippen molar-refractivity contribution in [3.05, 3.63) is 17.2 Å². The van der Waals surface area contributed by atoms with Gasteiger partial charge in [-0.05, 0) is 6.42 Å². The lowest BCUT2D eigenvalue weighted by atomic mass is 9.88. The van der Waals surface area contributed by atoms with Crippen molar-refractivity contribution in [2.24, 2.45) is 5.73 Å². The predicted molar refractivity (Wildman–Crippen MR) is 50.1 cm³/mol. The summed E-state index contributed by atoms with van der Waals surface area (Å²) < 4.78 is 1.84. The zero-order valence-corrected chi connectivity index (χ0v) is 8.16. The summed E-state index contributed by atoms with van der Waals surface area (Å²) in [4.78, 5) is 14.8. The maximum atomic E-state index is 10.9. The minimum atomic E-state index is -1.19. The van der Waals surface area contributed by atoms with Crippen LogP contribution in [-0.2, 0) is 17.8 Å². The van der Waals surface area contributed by atoms with E-state index in [0.717, 1.165) is 0 Å². The number of aromatic nitrogens is 2. The van der Waals surface area contributed by atoms with Crippen molar-refractivity contribution in [3.8, 4) is 0 Å². The lowest BCUT2D eigenvalue weighted by Gasteiger charge is -2.30. The molecule has 0 fully saturated rings. The highest BCUT2D eigenvalue weighted by Gasteiger charge is 2.38. The summed E-state index contributed by atoms with van der Waals surface area (Å²) in [6, 6.07) is 0. The number of nitrogens with two attached hydrogens (primary N) is 1. The third-order valence-electron chi connectivity index (χ3n) is 2.60. The zero-order chi connectivity index (χ0) is 10.3. The van der Waals surface area contributed by atoms with Gasteiger partial charge >= 0.3 is 5.97 Å². The first-order valence-corrected chi connectivity index (χ1v) is 4.62. The average Bonchev–Trinajstić information content (AvgIpc) is 2.48. The number of imidazole rings is 1. The van der Waals surface area contributed by atoms with E-state index in [1.807, 2.05) is 4.57 Å². The topological polar surface area (TPSA) is 81.1 Å². The molecule has 1 unspecified atom stereocenters. The van der Waals surface area contributed by atoms with Gasteiger partial charge in [-0.3, -0.25) is 4.79 Å². The van der Waals surface area contributed by atoms with Crippen LogP contribution in [0.1, 0.15) is 12.1 Å². The molecular weight excluding hydrogens is 206 g/mol. The molecule has 2 heterocycles. The Morgan fingerprint density at radius 3 is 3.14 bits per heavy atom. The van der Waals surface area contributed by atoms with E-state index in [4.69, 9.17) is 22.4 Å². The van der Waals surface area contributed by atoms with E-state index in [9.17, 15) is 4.79 Å². The number of fused-ring (bicyclic) bond motifs is 1. The number of aliphatic carboxylic acids is 1. The average molecular weight is 216 g/mol. The normalized spacial score (nSPS) is 25.9. The summed E-state index contributed by atoms with van der Waals surface area (Å²) in [7, 11) is 0. The predicted octanol–water partition coefficient (Wildman–Crippen LogP) is 0.265. The summed E-state index contributed by atoms with van der Waals surface area (Å²) in [6.45, 7) is 0.553. The Kier molecular flexibility index (Phi) is 2.01. The number of carbonyl (C=O) groups is 1. The summed E-state index contributed by atoms with van der Waals surface area (Å²) >= 11 is 5.81. The van der Waals surface area contributed by atoms with Crippen LogP contribution in [0.15, 0.2) is 6.33 Å². The van der Waals surface area contributed by atoms with E-state index in [1.165, 1.54) is 0 Å². The third kappa shape index (κ3) is 1.29. The summed E-state index contributed by atoms with van der Waals surface area (Å²) in [5, 5.41) is 9.30. The molecule has 0 saturated carbocycles. The standard InChI is InChI=1S/C8H10ClN3O2/c9-6-5-3-8(10,7(13)14)1-2-12(5)4-11-6/h4H,1-3,10H2,(H,13,14). The number of halogens is 1. The molecule has 1 aliphatic rings. The van der Waals surface area contributed by atoms with Gasteiger partial charge in [0.25, 0.3) is 0 Å². The van der Waals surface area contributed by atoms with Gasteiger partial charge in [0, 0.05) is 13.0 Å². The van der Waals surface area contributed by atoms with Crippen molar-refractivity contribution in [2.45, 2.75) is 24.9 Å². The molecule has 0 amide bonds. The molecule has 0 bridgehead atoms. The smallest absolute Gasteiger partial charge is 0.324 e. The molecule has 0 spiro atoms. The van der Waals surface area contributed by atoms with Crippen LogP contribution in [0.5, 0.6) is 0 Å². The molecule has 76 valence electrons. The fourth-order valence-electron chi connectivity index (χ4n) is 1.64. The second-order valence-electron chi connectivity index (χ2n) is 3.56. The summed E-state index contributed by atoms with van der Waals surface area (Å²) in [5.41, 5.74) is 5.26. The largest absolute Gasteiger partial charge is 0.480 e. The molecular formula is C8H10ClN3O2. The SMILES string of the molecule is NC1(C(=O)O)CCn2cnc(Cl)c2C1. The number of carboxylic acid groups (broad SMARTS) is 1. The Morgan fingerprint density at radius 1 is 1.79 bits per heavy atom. The monoisotopic (exact) mass is 215 g/mol. The molecule has 1 aromatic heterocycles. The lowest BCUT2D eigenvalue weighted by Crippen LogP contribution is -2.53. The summed E-state index contributed by atoms with van der Waals surface area (Å²) in [6.07, 6.45) is 2.25. The van der Waals surface area contributed by atoms with E-state index in [-0.39, 0.29) is 6.42 Å². The lowest BCUT2D eigenvalue weighted by molar-refractivity contribution is -0.144. The molecule has 14 heavy (non-hydrogen) atoms. The third-order valence-corrected chi connectivity index (χ3v) is 2.92. The van der Waals surface area contributed by atoms with Gasteiger partial charge in [0.1, 0.15) is 10.7 Å². The number of aryl methyl sites for hydroxylation is 1. The Hall–Kier alpha value is -1.07. The Labute approximate surface area is 85.5 Å². The first-order valence-electron chi connectivity index (χ1n) is 4.25. The van der Waals surface area contributed by atoms with Gasteiger partial charge in [-0.25, -0.2) is 4.98 Å². The quantitative estimate of drug-likeness (QED) is 0.705. The van der Waals surface area contributed by atoms with Crippen LogP contribution in [0.4, 0.5) is 0 Å². The van der Waals surface area contributed by atoms with E-state index >= 15 is 0 Å². The minimum Gasteiger partial charge on any atom is -0.480 e. The molecule has 1 aromatic rings. The maximum Gasteiger partial charge on any atom is 0.324 e. The van der Waals surface area contributed by atoms with Gasteiger partial charge in [0.15, 0.2) is 0 Å². The van der Waals surface area contributed by atoms with Crippen molar-refractivity contribution in [1.82, 2.24) is 9.55 Å². The van der Waals surface area contributed by atoms with Crippen LogP contribution in [0.2, 0.25) is 5.15 Å². The first-order chi connectivity index (χ1) is 6.53. The highest BCUT2D eigenvalue weighted by Crippen LogP contribution is 2.26. The zero-order valence-electron chi connectivity index (χ0n) is 7.40. The molecule has 1 aliphatic heterocycles. The van der Waals surface area contributed by atoms with Gasteiger partial charge < -0.3 is 15.4 Å². The molecule has 3 N–H and O–H groups in total. The van der Waals surface area contributed by atoms with E-state index in [1.54, 1.807) is 6.33 Å². The maximum absolute atomic E-state index is 10.9. The molecule has 5 nitrogen and oxygen atoms in total. The highest BCUT2D eigenvalue weighted by atomic mass is 35.5. The highest BCUT2D eigenvalue weighted by molar-refractivity contribution is 6.30. The molecule has 0 saturated heterocycles. The molecule has 1 atom stereocenters. The van der Waals surface area contributed by atoms with E-state index in [2.05, 4.69) is 4.98 Å². The van der Waals surface area contributed by atoms with Gasteiger partial charge in [-0.1, -0.05) is 11.6 Å². The van der Waals surface area contributed by atoms with Crippen LogP contribution >= 0.6 is 11.6 Å². The van der Waals surface area contributed by atoms with Crippen molar-refractivity contribution in [1.29, 1.82) is 0 Å². The fourth-order valence-corrected chi connectivity index (χ4v) is 1.86. The van der Waals surface area contributed by atoms with Gasteiger partial charge in [0.2, 0.25) is 0 Å². The van der Waals surface area contributed by atoms with Gasteiger partial charge in [-0.15, -0.1) is 0 Å². The second-order valence-corrected chi connectivity index (χ2v) is 3.92. The molecule has 6 heteroatoms. The second kappa shape index (κ2) is 2.96. The van der Waals surface area contributed by atoms with E-state index < -0.39 is 11.5 Å². The molecule has 0 radical (unpaired) electrons. The van der Waals surface area contributed by atoms with Crippen LogP contribution in [0.3, 0.4) is 0 Å².